The monoisotopic (exact) mass is 212 g/mol. The van der Waals surface area contributed by atoms with Gasteiger partial charge in [-0.25, -0.2) is 0 Å². The predicted octanol–water partition coefficient (Wildman–Crippen LogP) is 4.40. The van der Waals surface area contributed by atoms with Crippen LogP contribution in [0.5, 0.6) is 11.5 Å². The van der Waals surface area contributed by atoms with Gasteiger partial charge in [-0.05, 0) is 43.5 Å². The summed E-state index contributed by atoms with van der Waals surface area (Å²) in [5.74, 6) is 1.90. The van der Waals surface area contributed by atoms with Gasteiger partial charge < -0.3 is 4.74 Å². The smallest absolute Gasteiger partial charge is 0.133 e. The molecule has 2 aromatic rings. The summed E-state index contributed by atoms with van der Waals surface area (Å²) in [4.78, 5) is 0. The summed E-state index contributed by atoms with van der Waals surface area (Å²) in [6.07, 6.45) is 0. The first-order valence-corrected chi connectivity index (χ1v) is 5.48. The molecule has 1 heteroatoms. The lowest BCUT2D eigenvalue weighted by Crippen LogP contribution is -1.92. The van der Waals surface area contributed by atoms with E-state index in [4.69, 9.17) is 4.74 Å². The Morgan fingerprint density at radius 2 is 1.25 bits per heavy atom. The van der Waals surface area contributed by atoms with Crippen molar-refractivity contribution in [3.63, 3.8) is 0 Å². The molecule has 0 bridgehead atoms. The zero-order valence-corrected chi connectivity index (χ0v) is 9.95. The minimum absolute atomic E-state index is 0.930. The van der Waals surface area contributed by atoms with Crippen LogP contribution in [-0.4, -0.2) is 0 Å². The van der Waals surface area contributed by atoms with Crippen molar-refractivity contribution in [3.05, 3.63) is 59.2 Å². The molecule has 0 aromatic heterocycles. The van der Waals surface area contributed by atoms with Crippen LogP contribution >= 0.6 is 0 Å². The van der Waals surface area contributed by atoms with Crippen molar-refractivity contribution in [1.82, 2.24) is 0 Å². The third-order valence-corrected chi connectivity index (χ3v) is 2.71. The Balaban J connectivity index is 2.38. The number of rotatable bonds is 2. The van der Waals surface area contributed by atoms with Crippen LogP contribution in [0, 0.1) is 20.8 Å². The fourth-order valence-corrected chi connectivity index (χ4v) is 1.74. The van der Waals surface area contributed by atoms with Gasteiger partial charge in [0.05, 0.1) is 0 Å². The molecule has 16 heavy (non-hydrogen) atoms. The minimum atomic E-state index is 0.930. The minimum Gasteiger partial charge on any atom is -0.457 e. The maximum atomic E-state index is 5.97. The number of hydrogen-bond donors (Lipinski definition) is 0. The molecular formula is C15H16O. The lowest BCUT2D eigenvalue weighted by Gasteiger charge is -2.13. The Hall–Kier alpha value is -1.76. The van der Waals surface area contributed by atoms with E-state index >= 15 is 0 Å². The standard InChI is InChI=1S/C15H16O/c1-11-7-4-5-10-14(11)16-15-12(2)8-6-9-13(15)3/h4-10H,1-3H3. The summed E-state index contributed by atoms with van der Waals surface area (Å²) in [5, 5.41) is 0. The van der Waals surface area contributed by atoms with Crippen LogP contribution in [0.15, 0.2) is 42.5 Å². The molecule has 0 radical (unpaired) electrons. The molecule has 0 aliphatic heterocycles. The molecule has 2 rings (SSSR count). The summed E-state index contributed by atoms with van der Waals surface area (Å²) in [6.45, 7) is 6.20. The van der Waals surface area contributed by atoms with Crippen molar-refractivity contribution < 1.29 is 4.74 Å². The second kappa shape index (κ2) is 4.40. The predicted molar refractivity (Wildman–Crippen MR) is 67.2 cm³/mol. The second-order valence-corrected chi connectivity index (χ2v) is 4.09. The summed E-state index contributed by atoms with van der Waals surface area (Å²) in [7, 11) is 0. The summed E-state index contributed by atoms with van der Waals surface area (Å²) >= 11 is 0. The molecule has 0 amide bonds. The van der Waals surface area contributed by atoms with Gasteiger partial charge in [0.25, 0.3) is 0 Å². The quantitative estimate of drug-likeness (QED) is 0.716. The van der Waals surface area contributed by atoms with E-state index in [2.05, 4.69) is 45.0 Å². The molecule has 0 saturated carbocycles. The van der Waals surface area contributed by atoms with Crippen molar-refractivity contribution >= 4 is 0 Å². The Bertz CT molecular complexity index is 480. The van der Waals surface area contributed by atoms with Gasteiger partial charge in [0.15, 0.2) is 0 Å². The second-order valence-electron chi connectivity index (χ2n) is 4.09. The van der Waals surface area contributed by atoms with Gasteiger partial charge in [0.2, 0.25) is 0 Å². The average Bonchev–Trinajstić information content (AvgIpc) is 2.26. The third kappa shape index (κ3) is 2.08. The van der Waals surface area contributed by atoms with Gasteiger partial charge in [-0.2, -0.15) is 0 Å². The molecule has 0 unspecified atom stereocenters. The lowest BCUT2D eigenvalue weighted by atomic mass is 10.1. The van der Waals surface area contributed by atoms with Gasteiger partial charge in [-0.15, -0.1) is 0 Å². The van der Waals surface area contributed by atoms with Crippen molar-refractivity contribution in [1.29, 1.82) is 0 Å². The van der Waals surface area contributed by atoms with Crippen LogP contribution in [0.4, 0.5) is 0 Å². The first-order valence-electron chi connectivity index (χ1n) is 5.48. The highest BCUT2D eigenvalue weighted by atomic mass is 16.5. The third-order valence-electron chi connectivity index (χ3n) is 2.71. The van der Waals surface area contributed by atoms with Crippen molar-refractivity contribution in [2.24, 2.45) is 0 Å². The van der Waals surface area contributed by atoms with Crippen LogP contribution in [-0.2, 0) is 0 Å². The largest absolute Gasteiger partial charge is 0.457 e. The van der Waals surface area contributed by atoms with E-state index in [0.717, 1.165) is 17.1 Å². The van der Waals surface area contributed by atoms with Gasteiger partial charge in [-0.3, -0.25) is 0 Å². The topological polar surface area (TPSA) is 9.23 Å². The van der Waals surface area contributed by atoms with Crippen LogP contribution < -0.4 is 4.74 Å². The van der Waals surface area contributed by atoms with Crippen molar-refractivity contribution in [2.45, 2.75) is 20.8 Å². The fraction of sp³-hybridized carbons (Fsp3) is 0.200. The van der Waals surface area contributed by atoms with Crippen LogP contribution in [0.25, 0.3) is 0 Å². The van der Waals surface area contributed by atoms with Crippen molar-refractivity contribution in [3.8, 4) is 11.5 Å². The van der Waals surface area contributed by atoms with Crippen LogP contribution in [0.2, 0.25) is 0 Å². The highest BCUT2D eigenvalue weighted by Crippen LogP contribution is 2.30. The average molecular weight is 212 g/mol. The Labute approximate surface area is 96.7 Å². The number of para-hydroxylation sites is 2. The lowest BCUT2D eigenvalue weighted by molar-refractivity contribution is 0.471. The first-order chi connectivity index (χ1) is 7.68. The van der Waals surface area contributed by atoms with E-state index in [9.17, 15) is 0 Å². The van der Waals surface area contributed by atoms with Crippen molar-refractivity contribution in [2.75, 3.05) is 0 Å². The molecule has 1 nitrogen and oxygen atoms in total. The highest BCUT2D eigenvalue weighted by molar-refractivity contribution is 5.44. The summed E-state index contributed by atoms with van der Waals surface area (Å²) in [6, 6.07) is 14.3. The first kappa shape index (κ1) is 10.7. The SMILES string of the molecule is Cc1ccccc1Oc1c(C)cccc1C. The van der Waals surface area contributed by atoms with E-state index in [1.165, 1.54) is 11.1 Å². The molecular weight excluding hydrogens is 196 g/mol. The van der Waals surface area contributed by atoms with Gasteiger partial charge in [0, 0.05) is 0 Å². The number of hydrogen-bond acceptors (Lipinski definition) is 1. The van der Waals surface area contributed by atoms with Gasteiger partial charge >= 0.3 is 0 Å². The molecule has 0 aliphatic rings. The van der Waals surface area contributed by atoms with Gasteiger partial charge in [0.1, 0.15) is 11.5 Å². The zero-order valence-electron chi connectivity index (χ0n) is 9.95. The summed E-state index contributed by atoms with van der Waals surface area (Å²) < 4.78 is 5.97. The summed E-state index contributed by atoms with van der Waals surface area (Å²) in [5.41, 5.74) is 3.50. The number of aryl methyl sites for hydroxylation is 3. The van der Waals surface area contributed by atoms with Gasteiger partial charge in [-0.1, -0.05) is 36.4 Å². The van der Waals surface area contributed by atoms with E-state index < -0.39 is 0 Å². The molecule has 0 heterocycles. The Morgan fingerprint density at radius 3 is 1.88 bits per heavy atom. The number of benzene rings is 2. The molecule has 0 fully saturated rings. The normalized spacial score (nSPS) is 10.2. The maximum Gasteiger partial charge on any atom is 0.133 e. The maximum absolute atomic E-state index is 5.97. The van der Waals surface area contributed by atoms with Crippen LogP contribution in [0.1, 0.15) is 16.7 Å². The molecule has 82 valence electrons. The van der Waals surface area contributed by atoms with E-state index in [1.54, 1.807) is 0 Å². The molecule has 0 N–H and O–H groups in total. The zero-order chi connectivity index (χ0) is 11.5. The number of ether oxygens (including phenoxy) is 1. The Kier molecular flexibility index (Phi) is 2.95. The molecule has 0 saturated heterocycles. The van der Waals surface area contributed by atoms with E-state index in [-0.39, 0.29) is 0 Å². The molecule has 2 aromatic carbocycles. The van der Waals surface area contributed by atoms with Crippen LogP contribution in [0.3, 0.4) is 0 Å². The molecule has 0 aliphatic carbocycles. The van der Waals surface area contributed by atoms with E-state index in [0.29, 0.717) is 0 Å². The highest BCUT2D eigenvalue weighted by Gasteiger charge is 2.05. The Morgan fingerprint density at radius 1 is 0.688 bits per heavy atom. The molecule has 0 spiro atoms. The van der Waals surface area contributed by atoms with E-state index in [1.807, 2.05) is 18.2 Å². The fourth-order valence-electron chi connectivity index (χ4n) is 1.74. The molecule has 0 atom stereocenters.